The van der Waals surface area contributed by atoms with E-state index in [0.717, 1.165) is 12.1 Å². The summed E-state index contributed by atoms with van der Waals surface area (Å²) in [5.74, 6) is -0.649. The summed E-state index contributed by atoms with van der Waals surface area (Å²) in [6, 6.07) is 5.23. The Morgan fingerprint density at radius 3 is 2.47 bits per heavy atom. The highest BCUT2D eigenvalue weighted by Crippen LogP contribution is 2.28. The molecule has 1 rings (SSSR count). The number of carbonyl (C=O) groups excluding carboxylic acids is 1. The van der Waals surface area contributed by atoms with Gasteiger partial charge >= 0.3 is 12.5 Å². The Morgan fingerprint density at radius 2 is 1.95 bits per heavy atom. The molecule has 0 heterocycles. The molecular weight excluding hydrogens is 264 g/mol. The number of halogens is 4. The van der Waals surface area contributed by atoms with E-state index in [-0.39, 0.29) is 23.9 Å². The van der Waals surface area contributed by atoms with Gasteiger partial charge in [-0.05, 0) is 17.7 Å². The molecule has 0 saturated carbocycles. The first-order valence-electron chi connectivity index (χ1n) is 5.69. The van der Waals surface area contributed by atoms with Gasteiger partial charge in [0.2, 0.25) is 0 Å². The van der Waals surface area contributed by atoms with Crippen LogP contribution in [0.4, 0.5) is 17.6 Å². The van der Waals surface area contributed by atoms with Crippen LogP contribution in [0.5, 0.6) is 5.75 Å². The Balaban J connectivity index is 2.80. The van der Waals surface area contributed by atoms with E-state index in [1.807, 2.05) is 0 Å². The van der Waals surface area contributed by atoms with Crippen LogP contribution in [-0.4, -0.2) is 18.3 Å². The predicted molar refractivity (Wildman–Crippen MR) is 61.6 cm³/mol. The zero-order chi connectivity index (χ0) is 14.6. The maximum Gasteiger partial charge on any atom is 0.461 e. The Bertz CT molecular complexity index is 444. The van der Waals surface area contributed by atoms with E-state index in [1.54, 1.807) is 19.9 Å². The molecule has 1 aromatic carbocycles. The third kappa shape index (κ3) is 4.54. The van der Waals surface area contributed by atoms with Crippen molar-refractivity contribution in [1.82, 2.24) is 0 Å². The van der Waals surface area contributed by atoms with Crippen LogP contribution in [0.2, 0.25) is 0 Å². The van der Waals surface area contributed by atoms with Gasteiger partial charge in [0.25, 0.3) is 0 Å². The van der Waals surface area contributed by atoms with Crippen LogP contribution >= 0.6 is 0 Å². The minimum Gasteiger partial charge on any atom is -0.428 e. The van der Waals surface area contributed by atoms with Crippen molar-refractivity contribution in [2.75, 3.05) is 0 Å². The molecule has 19 heavy (non-hydrogen) atoms. The van der Waals surface area contributed by atoms with Crippen molar-refractivity contribution >= 4 is 5.78 Å². The van der Waals surface area contributed by atoms with Crippen molar-refractivity contribution in [3.05, 3.63) is 29.8 Å². The quantitative estimate of drug-likeness (QED) is 0.742. The van der Waals surface area contributed by atoms with Gasteiger partial charge in [-0.2, -0.15) is 17.6 Å². The number of benzene rings is 1. The molecule has 6 heteroatoms. The molecular formula is C13H14F4O2. The zero-order valence-corrected chi connectivity index (χ0v) is 10.5. The zero-order valence-electron chi connectivity index (χ0n) is 10.5. The first-order chi connectivity index (χ1) is 8.72. The molecule has 0 unspecified atom stereocenters. The van der Waals surface area contributed by atoms with Gasteiger partial charge in [0.15, 0.2) is 0 Å². The second-order valence-corrected chi connectivity index (χ2v) is 4.41. The van der Waals surface area contributed by atoms with E-state index in [2.05, 4.69) is 4.74 Å². The van der Waals surface area contributed by atoms with E-state index >= 15 is 0 Å². The minimum atomic E-state index is -4.54. The Labute approximate surface area is 108 Å². The van der Waals surface area contributed by atoms with Gasteiger partial charge in [-0.3, -0.25) is 4.79 Å². The Kier molecular flexibility index (Phi) is 4.91. The molecule has 0 aliphatic rings. The molecule has 0 spiro atoms. The second-order valence-electron chi connectivity index (χ2n) is 4.41. The van der Waals surface area contributed by atoms with Gasteiger partial charge < -0.3 is 4.74 Å². The van der Waals surface area contributed by atoms with Gasteiger partial charge in [0.05, 0.1) is 0 Å². The molecule has 106 valence electrons. The van der Waals surface area contributed by atoms with Crippen molar-refractivity contribution in [1.29, 1.82) is 0 Å². The molecule has 0 saturated heterocycles. The summed E-state index contributed by atoms with van der Waals surface area (Å²) >= 11 is 0. The maximum atomic E-state index is 12.7. The second kappa shape index (κ2) is 6.04. The van der Waals surface area contributed by atoms with Gasteiger partial charge in [-0.1, -0.05) is 26.0 Å². The topological polar surface area (TPSA) is 26.3 Å². The first kappa shape index (κ1) is 15.5. The molecule has 0 fully saturated rings. The van der Waals surface area contributed by atoms with Crippen LogP contribution in [0.25, 0.3) is 0 Å². The average Bonchev–Trinajstić information content (AvgIpc) is 2.28. The smallest absolute Gasteiger partial charge is 0.428 e. The number of carbonyl (C=O) groups is 1. The van der Waals surface area contributed by atoms with Crippen LogP contribution < -0.4 is 4.74 Å². The Morgan fingerprint density at radius 1 is 1.32 bits per heavy atom. The van der Waals surface area contributed by atoms with Crippen LogP contribution in [0, 0.1) is 5.92 Å². The molecule has 2 nitrogen and oxygen atoms in total. The summed E-state index contributed by atoms with van der Waals surface area (Å²) in [5.41, 5.74) is 0.446. The summed E-state index contributed by atoms with van der Waals surface area (Å²) < 4.78 is 53.4. The molecule has 0 amide bonds. The normalized spacial score (nSPS) is 12.0. The largest absolute Gasteiger partial charge is 0.461 e. The number of hydrogen-bond acceptors (Lipinski definition) is 2. The lowest BCUT2D eigenvalue weighted by molar-refractivity contribution is -0.253. The predicted octanol–water partition coefficient (Wildman–Crippen LogP) is 3.69. The monoisotopic (exact) mass is 278 g/mol. The lowest BCUT2D eigenvalue weighted by atomic mass is 10.0. The molecule has 0 aromatic heterocycles. The lowest BCUT2D eigenvalue weighted by Gasteiger charge is -2.17. The molecule has 1 aromatic rings. The van der Waals surface area contributed by atoms with Crippen LogP contribution in [0.15, 0.2) is 24.3 Å². The number of ether oxygens (including phenoxy) is 1. The van der Waals surface area contributed by atoms with E-state index in [9.17, 15) is 22.4 Å². The highest BCUT2D eigenvalue weighted by Gasteiger charge is 2.43. The molecule has 0 bridgehead atoms. The van der Waals surface area contributed by atoms with Gasteiger partial charge in [0.1, 0.15) is 11.5 Å². The number of ketones is 1. The van der Waals surface area contributed by atoms with Crippen molar-refractivity contribution in [3.63, 3.8) is 0 Å². The minimum absolute atomic E-state index is 0.0507. The number of hydrogen-bond donors (Lipinski definition) is 0. The van der Waals surface area contributed by atoms with Crippen molar-refractivity contribution in [3.8, 4) is 5.75 Å². The summed E-state index contributed by atoms with van der Waals surface area (Å²) in [5, 5.41) is 0. The molecule has 0 radical (unpaired) electrons. The van der Waals surface area contributed by atoms with Crippen LogP contribution in [-0.2, 0) is 11.2 Å². The SMILES string of the molecule is CC(C)C(=O)Cc1cccc(OC(F)(F)C(F)F)c1. The molecule has 0 atom stereocenters. The number of rotatable bonds is 6. The summed E-state index contributed by atoms with van der Waals surface area (Å²) in [4.78, 5) is 11.5. The fourth-order valence-corrected chi connectivity index (χ4v) is 1.33. The highest BCUT2D eigenvalue weighted by molar-refractivity contribution is 5.82. The standard InChI is InChI=1S/C13H14F4O2/c1-8(2)11(18)7-9-4-3-5-10(6-9)19-13(16,17)12(14)15/h3-6,8,12H,7H2,1-2H3. The highest BCUT2D eigenvalue weighted by atomic mass is 19.3. The van der Waals surface area contributed by atoms with Crippen LogP contribution in [0.3, 0.4) is 0 Å². The maximum absolute atomic E-state index is 12.7. The van der Waals surface area contributed by atoms with Crippen molar-refractivity contribution in [2.45, 2.75) is 32.8 Å². The average molecular weight is 278 g/mol. The fraction of sp³-hybridized carbons (Fsp3) is 0.462. The van der Waals surface area contributed by atoms with Gasteiger partial charge in [-0.25, -0.2) is 0 Å². The summed E-state index contributed by atoms with van der Waals surface area (Å²) in [7, 11) is 0. The molecule has 0 aliphatic carbocycles. The van der Waals surface area contributed by atoms with E-state index in [0.29, 0.717) is 5.56 Å². The van der Waals surface area contributed by atoms with Crippen molar-refractivity contribution < 1.29 is 27.1 Å². The number of alkyl halides is 4. The lowest BCUT2D eigenvalue weighted by Crippen LogP contribution is -2.33. The summed E-state index contributed by atoms with van der Waals surface area (Å²) in [6.07, 6.45) is -8.40. The van der Waals surface area contributed by atoms with E-state index in [1.165, 1.54) is 6.07 Å². The van der Waals surface area contributed by atoms with Gasteiger partial charge in [-0.15, -0.1) is 0 Å². The molecule has 0 N–H and O–H groups in total. The van der Waals surface area contributed by atoms with Gasteiger partial charge in [0, 0.05) is 12.3 Å². The Hall–Kier alpha value is -1.59. The number of Topliss-reactive ketones (excluding diaryl/α,β-unsaturated/α-hetero) is 1. The van der Waals surface area contributed by atoms with E-state index in [4.69, 9.17) is 0 Å². The third-order valence-corrected chi connectivity index (χ3v) is 2.43. The first-order valence-corrected chi connectivity index (χ1v) is 5.69. The van der Waals surface area contributed by atoms with Crippen molar-refractivity contribution in [2.24, 2.45) is 5.92 Å². The van der Waals surface area contributed by atoms with Crippen LogP contribution in [0.1, 0.15) is 19.4 Å². The fourth-order valence-electron chi connectivity index (χ4n) is 1.33. The third-order valence-electron chi connectivity index (χ3n) is 2.43. The summed E-state index contributed by atoms with van der Waals surface area (Å²) in [6.45, 7) is 3.43. The molecule has 0 aliphatic heterocycles. The van der Waals surface area contributed by atoms with E-state index < -0.39 is 12.5 Å².